The van der Waals surface area contributed by atoms with Crippen LogP contribution in [0.4, 0.5) is 0 Å². The van der Waals surface area contributed by atoms with Crippen LogP contribution in [0.5, 0.6) is 0 Å². The second kappa shape index (κ2) is 8.80. The molecule has 0 spiro atoms. The summed E-state index contributed by atoms with van der Waals surface area (Å²) in [5, 5.41) is 1.29. The average Bonchev–Trinajstić information content (AvgIpc) is 2.42. The fraction of sp³-hybridized carbons (Fsp3) is 0.600. The fourth-order valence-corrected chi connectivity index (χ4v) is 2.61. The molecule has 2 nitrogen and oxygen atoms in total. The van der Waals surface area contributed by atoms with Crippen molar-refractivity contribution >= 4 is 23.2 Å². The Morgan fingerprint density at radius 3 is 1.95 bits per heavy atom. The summed E-state index contributed by atoms with van der Waals surface area (Å²) in [6.07, 6.45) is 0. The van der Waals surface area contributed by atoms with E-state index in [1.807, 2.05) is 12.1 Å². The summed E-state index contributed by atoms with van der Waals surface area (Å²) in [7, 11) is 0. The molecule has 0 saturated heterocycles. The molecule has 1 aromatic carbocycles. The van der Waals surface area contributed by atoms with Crippen molar-refractivity contribution in [3.63, 3.8) is 0 Å². The minimum Gasteiger partial charge on any atom is -0.331 e. The molecule has 0 aliphatic carbocycles. The molecule has 0 heterocycles. The van der Waals surface area contributed by atoms with E-state index < -0.39 is 0 Å². The Morgan fingerprint density at radius 2 is 1.42 bits per heavy atom. The van der Waals surface area contributed by atoms with Crippen LogP contribution in [0.15, 0.2) is 18.2 Å². The average molecular weight is 305 g/mol. The Morgan fingerprint density at radius 1 is 0.842 bits per heavy atom. The van der Waals surface area contributed by atoms with Crippen molar-refractivity contribution in [3.8, 4) is 0 Å². The van der Waals surface area contributed by atoms with Crippen LogP contribution in [0.1, 0.15) is 26.3 Å². The molecule has 0 amide bonds. The molecular formula is C15H26Cl2N2+2. The van der Waals surface area contributed by atoms with Crippen molar-refractivity contribution in [2.75, 3.05) is 32.7 Å². The van der Waals surface area contributed by atoms with Crippen LogP contribution in [-0.4, -0.2) is 32.7 Å². The molecule has 0 aliphatic rings. The first-order valence-corrected chi connectivity index (χ1v) is 7.97. The Balaban J connectivity index is 2.53. The molecular weight excluding hydrogens is 279 g/mol. The highest BCUT2D eigenvalue weighted by atomic mass is 35.5. The van der Waals surface area contributed by atoms with E-state index in [2.05, 4.69) is 26.8 Å². The number of hydrogen-bond donors (Lipinski definition) is 2. The van der Waals surface area contributed by atoms with Crippen LogP contribution < -0.4 is 9.80 Å². The van der Waals surface area contributed by atoms with E-state index in [0.29, 0.717) is 10.0 Å². The highest BCUT2D eigenvalue weighted by Crippen LogP contribution is 2.22. The number of benzene rings is 1. The Labute approximate surface area is 127 Å². The summed E-state index contributed by atoms with van der Waals surface area (Å²) in [4.78, 5) is 3.26. The van der Waals surface area contributed by atoms with Gasteiger partial charge in [-0.05, 0) is 32.9 Å². The van der Waals surface area contributed by atoms with Crippen LogP contribution in [0.25, 0.3) is 0 Å². The highest BCUT2D eigenvalue weighted by molar-refractivity contribution is 6.41. The number of halogens is 2. The standard InChI is InChI=1S/C15H24Cl2N2/c1-4-18(5-2)9-10-19(6-3)12-13-7-8-14(16)15(17)11-13/h7-8,11H,4-6,9-10,12H2,1-3H3/p+2. The molecule has 1 rings (SSSR count). The summed E-state index contributed by atoms with van der Waals surface area (Å²) in [5.41, 5.74) is 1.26. The Hall–Kier alpha value is -0.280. The fourth-order valence-electron chi connectivity index (χ4n) is 2.29. The molecule has 2 N–H and O–H groups in total. The highest BCUT2D eigenvalue weighted by Gasteiger charge is 2.12. The van der Waals surface area contributed by atoms with Gasteiger partial charge in [-0.15, -0.1) is 0 Å². The predicted octanol–water partition coefficient (Wildman–Crippen LogP) is 1.32. The lowest BCUT2D eigenvalue weighted by Gasteiger charge is -2.21. The molecule has 1 aromatic rings. The van der Waals surface area contributed by atoms with Gasteiger partial charge < -0.3 is 9.80 Å². The second-order valence-corrected chi connectivity index (χ2v) is 5.80. The molecule has 19 heavy (non-hydrogen) atoms. The normalized spacial score (nSPS) is 12.9. The van der Waals surface area contributed by atoms with Gasteiger partial charge in [0.15, 0.2) is 0 Å². The first kappa shape index (κ1) is 16.8. The smallest absolute Gasteiger partial charge is 0.127 e. The van der Waals surface area contributed by atoms with E-state index in [0.717, 1.165) is 13.1 Å². The van der Waals surface area contributed by atoms with Gasteiger partial charge in [-0.3, -0.25) is 0 Å². The van der Waals surface area contributed by atoms with Gasteiger partial charge in [0.05, 0.1) is 29.7 Å². The maximum Gasteiger partial charge on any atom is 0.127 e. The SMILES string of the molecule is CC[NH+](CC)CC[NH+](CC)Cc1ccc(Cl)c(Cl)c1. The molecule has 0 aromatic heterocycles. The zero-order valence-corrected chi connectivity index (χ0v) is 13.7. The summed E-state index contributed by atoms with van der Waals surface area (Å²) in [5.74, 6) is 0. The summed E-state index contributed by atoms with van der Waals surface area (Å²) >= 11 is 12.0. The molecule has 1 unspecified atom stereocenters. The topological polar surface area (TPSA) is 8.88 Å². The largest absolute Gasteiger partial charge is 0.331 e. The van der Waals surface area contributed by atoms with Gasteiger partial charge >= 0.3 is 0 Å². The van der Waals surface area contributed by atoms with Gasteiger partial charge in [-0.25, -0.2) is 0 Å². The quantitative estimate of drug-likeness (QED) is 0.717. The second-order valence-electron chi connectivity index (χ2n) is 4.99. The summed E-state index contributed by atoms with van der Waals surface area (Å²) in [6.45, 7) is 13.8. The number of likely N-dealkylation sites (N-methyl/N-ethyl adjacent to an activating group) is 2. The van der Waals surface area contributed by atoms with Crippen molar-refractivity contribution < 1.29 is 9.80 Å². The molecule has 0 radical (unpaired) electrons. The third kappa shape index (κ3) is 5.70. The van der Waals surface area contributed by atoms with Crippen LogP contribution in [0, 0.1) is 0 Å². The lowest BCUT2D eigenvalue weighted by Crippen LogP contribution is -3.19. The number of nitrogens with one attached hydrogen (secondary N) is 2. The van der Waals surface area contributed by atoms with Crippen LogP contribution in [0.3, 0.4) is 0 Å². The first-order valence-electron chi connectivity index (χ1n) is 7.21. The molecule has 0 fully saturated rings. The first-order chi connectivity index (χ1) is 9.10. The molecule has 4 heteroatoms. The predicted molar refractivity (Wildman–Crippen MR) is 83.4 cm³/mol. The van der Waals surface area contributed by atoms with E-state index >= 15 is 0 Å². The van der Waals surface area contributed by atoms with Crippen molar-refractivity contribution in [2.24, 2.45) is 0 Å². The van der Waals surface area contributed by atoms with Gasteiger partial charge in [0, 0.05) is 5.56 Å². The zero-order chi connectivity index (χ0) is 14.3. The van der Waals surface area contributed by atoms with Crippen molar-refractivity contribution in [3.05, 3.63) is 33.8 Å². The maximum absolute atomic E-state index is 6.07. The minimum absolute atomic E-state index is 0.635. The lowest BCUT2D eigenvalue weighted by atomic mass is 10.2. The maximum atomic E-state index is 6.07. The molecule has 108 valence electrons. The third-order valence-electron chi connectivity index (χ3n) is 3.77. The molecule has 1 atom stereocenters. The molecule has 0 bridgehead atoms. The van der Waals surface area contributed by atoms with E-state index in [4.69, 9.17) is 23.2 Å². The van der Waals surface area contributed by atoms with Crippen molar-refractivity contribution in [1.29, 1.82) is 0 Å². The number of quaternary nitrogens is 2. The van der Waals surface area contributed by atoms with Crippen molar-refractivity contribution in [2.45, 2.75) is 27.3 Å². The molecule has 0 aliphatic heterocycles. The van der Waals surface area contributed by atoms with Gasteiger partial charge in [0.1, 0.15) is 19.6 Å². The van der Waals surface area contributed by atoms with E-state index in [-0.39, 0.29) is 0 Å². The van der Waals surface area contributed by atoms with Crippen LogP contribution >= 0.6 is 23.2 Å². The van der Waals surface area contributed by atoms with E-state index in [1.54, 1.807) is 9.80 Å². The number of rotatable bonds is 8. The molecule has 0 saturated carbocycles. The van der Waals surface area contributed by atoms with Gasteiger partial charge in [0.2, 0.25) is 0 Å². The third-order valence-corrected chi connectivity index (χ3v) is 4.51. The monoisotopic (exact) mass is 304 g/mol. The van der Waals surface area contributed by atoms with Gasteiger partial charge in [0.25, 0.3) is 0 Å². The van der Waals surface area contributed by atoms with Crippen LogP contribution in [-0.2, 0) is 6.54 Å². The van der Waals surface area contributed by atoms with E-state index in [1.165, 1.54) is 31.7 Å². The van der Waals surface area contributed by atoms with Crippen molar-refractivity contribution in [1.82, 2.24) is 0 Å². The van der Waals surface area contributed by atoms with Crippen LogP contribution in [0.2, 0.25) is 10.0 Å². The van der Waals surface area contributed by atoms with E-state index in [9.17, 15) is 0 Å². The Kier molecular flexibility index (Phi) is 7.77. The van der Waals surface area contributed by atoms with Gasteiger partial charge in [-0.2, -0.15) is 0 Å². The minimum atomic E-state index is 0.635. The van der Waals surface area contributed by atoms with Gasteiger partial charge in [-0.1, -0.05) is 29.3 Å². The summed E-state index contributed by atoms with van der Waals surface area (Å²) in [6, 6.07) is 5.96. The Bertz CT molecular complexity index is 378. The summed E-state index contributed by atoms with van der Waals surface area (Å²) < 4.78 is 0. The number of hydrogen-bond acceptors (Lipinski definition) is 0. The zero-order valence-electron chi connectivity index (χ0n) is 12.2. The lowest BCUT2D eigenvalue weighted by molar-refractivity contribution is -0.962.